The van der Waals surface area contributed by atoms with E-state index in [0.717, 1.165) is 11.3 Å². The molecule has 1 aliphatic heterocycles. The van der Waals surface area contributed by atoms with Gasteiger partial charge in [-0.3, -0.25) is 0 Å². The third-order valence-electron chi connectivity index (χ3n) is 10.9. The Morgan fingerprint density at radius 3 is 1.82 bits per heavy atom. The first kappa shape index (κ1) is 24.6. The average Bonchev–Trinajstić information content (AvgIpc) is 2.87. The molecule has 1 heterocycles. The van der Waals surface area contributed by atoms with Crippen LogP contribution in [0.4, 0.5) is 0 Å². The summed E-state index contributed by atoms with van der Waals surface area (Å²) < 4.78 is 0. The van der Waals surface area contributed by atoms with Crippen molar-refractivity contribution in [2.75, 3.05) is 6.66 Å². The summed E-state index contributed by atoms with van der Waals surface area (Å²) in [6.45, 7) is 13.0. The van der Waals surface area contributed by atoms with Gasteiger partial charge in [0, 0.05) is 0 Å². The molecule has 1 heteroatoms. The van der Waals surface area contributed by atoms with E-state index in [1.54, 1.807) is 27.8 Å². The predicted octanol–water partition coefficient (Wildman–Crippen LogP) is 10.1. The van der Waals surface area contributed by atoms with Gasteiger partial charge in [-0.25, -0.2) is 0 Å². The van der Waals surface area contributed by atoms with E-state index in [-0.39, 0.29) is 0 Å². The third-order valence-corrected chi connectivity index (χ3v) is 19.9. The van der Waals surface area contributed by atoms with Crippen LogP contribution in [0.5, 0.6) is 0 Å². The van der Waals surface area contributed by atoms with E-state index in [0.29, 0.717) is 17.5 Å². The molecule has 0 radical (unpaired) electrons. The second kappa shape index (κ2) is 9.07. The number of fused-ring (bicyclic) bond motifs is 3. The maximum atomic E-state index is 2.93. The molecule has 2 saturated carbocycles. The summed E-state index contributed by atoms with van der Waals surface area (Å²) in [5.74, 6) is 1.14. The van der Waals surface area contributed by atoms with Crippen molar-refractivity contribution < 1.29 is 0 Å². The minimum absolute atomic E-state index is 0.554. The van der Waals surface area contributed by atoms with Gasteiger partial charge >= 0.3 is 210 Å². The van der Waals surface area contributed by atoms with Gasteiger partial charge in [0.15, 0.2) is 0 Å². The molecule has 186 valence electrons. The van der Waals surface area contributed by atoms with Crippen LogP contribution in [0.1, 0.15) is 133 Å². The third kappa shape index (κ3) is 3.41. The van der Waals surface area contributed by atoms with Crippen LogP contribution in [-0.4, -0.2) is 18.0 Å². The van der Waals surface area contributed by atoms with E-state index >= 15 is 0 Å². The molecule has 2 aromatic rings. The quantitative estimate of drug-likeness (QED) is 0.385. The van der Waals surface area contributed by atoms with E-state index < -0.39 is 6.60 Å². The molecule has 0 bridgehead atoms. The van der Waals surface area contributed by atoms with Crippen molar-refractivity contribution in [3.8, 4) is 11.1 Å². The molecule has 1 unspecified atom stereocenters. The van der Waals surface area contributed by atoms with Gasteiger partial charge in [-0.2, -0.15) is 0 Å². The van der Waals surface area contributed by atoms with Crippen molar-refractivity contribution >= 4 is 11.9 Å². The Morgan fingerprint density at radius 1 is 0.735 bits per heavy atom. The molecule has 0 spiro atoms. The molecule has 0 N–H and O–H groups in total. The molecule has 2 aromatic carbocycles. The molecule has 5 rings (SSSR count). The predicted molar refractivity (Wildman–Crippen MR) is 155 cm³/mol. The first-order chi connectivity index (χ1) is 16.3. The van der Waals surface area contributed by atoms with Gasteiger partial charge in [0.25, 0.3) is 0 Å². The second-order valence-corrected chi connectivity index (χ2v) is 19.4. The summed E-state index contributed by atoms with van der Waals surface area (Å²) in [7, 11) is 0. The minimum atomic E-state index is -2.30. The normalized spacial score (nSPS) is 26.0. The molecule has 0 aromatic heterocycles. The van der Waals surface area contributed by atoms with E-state index in [4.69, 9.17) is 0 Å². The van der Waals surface area contributed by atoms with Gasteiger partial charge in [-0.1, -0.05) is 0 Å². The van der Waals surface area contributed by atoms with Gasteiger partial charge in [0.2, 0.25) is 0 Å². The van der Waals surface area contributed by atoms with Gasteiger partial charge in [0.1, 0.15) is 0 Å². The van der Waals surface area contributed by atoms with Crippen LogP contribution in [-0.2, 0) is 0 Å². The van der Waals surface area contributed by atoms with Crippen LogP contribution in [0.2, 0.25) is 0 Å². The van der Waals surface area contributed by atoms with Crippen molar-refractivity contribution in [1.29, 1.82) is 0 Å². The Labute approximate surface area is 210 Å². The second-order valence-electron chi connectivity index (χ2n) is 13.0. The van der Waals surface area contributed by atoms with E-state index in [2.05, 4.69) is 77.7 Å². The summed E-state index contributed by atoms with van der Waals surface area (Å²) >= 11 is 0. The van der Waals surface area contributed by atoms with Gasteiger partial charge in [-0.15, -0.1) is 0 Å². The van der Waals surface area contributed by atoms with E-state index in [1.165, 1.54) is 64.2 Å². The van der Waals surface area contributed by atoms with Crippen molar-refractivity contribution in [2.45, 2.75) is 128 Å². The molecular weight excluding hydrogens is 427 g/mol. The topological polar surface area (TPSA) is 0 Å². The Bertz CT molecular complexity index is 1010. The van der Waals surface area contributed by atoms with Gasteiger partial charge in [0.05, 0.1) is 0 Å². The Balaban J connectivity index is 1.87. The first-order valence-electron chi connectivity index (χ1n) is 14.6. The molecule has 0 amide bonds. The van der Waals surface area contributed by atoms with Crippen molar-refractivity contribution in [2.24, 2.45) is 0 Å². The molecular formula is C33H49P. The summed E-state index contributed by atoms with van der Waals surface area (Å²) in [6.07, 6.45) is 14.6. The summed E-state index contributed by atoms with van der Waals surface area (Å²) in [4.78, 5) is 0. The van der Waals surface area contributed by atoms with E-state index in [9.17, 15) is 0 Å². The zero-order valence-corrected chi connectivity index (χ0v) is 23.8. The van der Waals surface area contributed by atoms with Crippen LogP contribution in [0.15, 0.2) is 36.4 Å². The summed E-state index contributed by atoms with van der Waals surface area (Å²) in [5.41, 5.74) is 10.6. The zero-order chi connectivity index (χ0) is 24.1. The van der Waals surface area contributed by atoms with Crippen LogP contribution in [0, 0.1) is 0 Å². The van der Waals surface area contributed by atoms with Crippen LogP contribution >= 0.6 is 6.60 Å². The molecule has 2 fully saturated rings. The molecule has 34 heavy (non-hydrogen) atoms. The fourth-order valence-corrected chi connectivity index (χ4v) is 17.6. The first-order valence-corrected chi connectivity index (χ1v) is 17.5. The maximum absolute atomic E-state index is 2.93. The molecule has 2 aliphatic carbocycles. The molecule has 3 aliphatic rings. The Morgan fingerprint density at radius 2 is 1.29 bits per heavy atom. The van der Waals surface area contributed by atoms with Gasteiger partial charge in [-0.05, 0) is 0 Å². The van der Waals surface area contributed by atoms with Crippen LogP contribution < -0.4 is 5.30 Å². The Kier molecular flexibility index (Phi) is 6.55. The number of benzene rings is 2. The average molecular weight is 477 g/mol. The summed E-state index contributed by atoms with van der Waals surface area (Å²) in [6, 6.07) is 15.1. The summed E-state index contributed by atoms with van der Waals surface area (Å²) in [5, 5.41) is 1.84. The van der Waals surface area contributed by atoms with E-state index in [1.807, 2.05) is 5.30 Å². The number of hydrogen-bond donors (Lipinski definition) is 0. The standard InChI is InChI=1S/C33H49P/c1-23(2)26-21-30(24(3)4)33-29-19-13-14-20-32(29)34(6,25(5)31(33)22-26,27-15-9-7-10-16-27)28-17-11-8-12-18-28/h13-14,19-25,27-28H,7-12,15-18H2,1-6H3. The van der Waals surface area contributed by atoms with Crippen molar-refractivity contribution in [1.82, 2.24) is 0 Å². The SMILES string of the molecule is CC(C)c1cc(C(C)C)c2c(c1)C(C)P(C)(C1CCCCC1)(C1CCCCC1)c1ccccc1-2. The Hall–Kier alpha value is -1.13. The number of rotatable bonds is 4. The fraction of sp³-hybridized carbons (Fsp3) is 0.636. The zero-order valence-electron chi connectivity index (χ0n) is 22.9. The number of hydrogen-bond acceptors (Lipinski definition) is 0. The molecule has 0 nitrogen and oxygen atoms in total. The molecule has 0 saturated heterocycles. The van der Waals surface area contributed by atoms with Crippen molar-refractivity contribution in [3.63, 3.8) is 0 Å². The molecule has 1 atom stereocenters. The van der Waals surface area contributed by atoms with Crippen molar-refractivity contribution in [3.05, 3.63) is 53.1 Å². The fourth-order valence-electron chi connectivity index (χ4n) is 8.79. The van der Waals surface area contributed by atoms with Crippen LogP contribution in [0.3, 0.4) is 0 Å². The van der Waals surface area contributed by atoms with Gasteiger partial charge < -0.3 is 0 Å². The monoisotopic (exact) mass is 476 g/mol. The van der Waals surface area contributed by atoms with Crippen LogP contribution in [0.25, 0.3) is 11.1 Å².